The number of aromatic nitrogens is 2. The van der Waals surface area contributed by atoms with Gasteiger partial charge in [-0.1, -0.05) is 25.7 Å². The molecule has 2 N–H and O–H groups in total. The Balaban J connectivity index is 1.47. The zero-order valence-corrected chi connectivity index (χ0v) is 17.1. The molecule has 7 heteroatoms. The molecule has 4 rings (SSSR count). The van der Waals surface area contributed by atoms with Crippen LogP contribution in [0.4, 0.5) is 17.6 Å². The molecule has 0 spiro atoms. The standard InChI is InChI=1S/C20H32N6S/c27-20(21-16-9-3-1-2-4-10-16)24-19-22-17(25-11-5-6-12-25)15-18(23-19)26-13-7-8-14-26/h15-16H,1-14H2,(H2,21,22,23,24,27). The van der Waals surface area contributed by atoms with E-state index in [-0.39, 0.29) is 0 Å². The highest BCUT2D eigenvalue weighted by atomic mass is 32.1. The van der Waals surface area contributed by atoms with Crippen LogP contribution in [0, 0.1) is 0 Å². The zero-order valence-electron chi connectivity index (χ0n) is 16.3. The van der Waals surface area contributed by atoms with Crippen molar-refractivity contribution in [3.63, 3.8) is 0 Å². The van der Waals surface area contributed by atoms with Gasteiger partial charge in [-0.15, -0.1) is 0 Å². The first kappa shape index (κ1) is 18.7. The first-order chi connectivity index (χ1) is 13.3. The van der Waals surface area contributed by atoms with Gasteiger partial charge < -0.3 is 20.4 Å². The highest BCUT2D eigenvalue weighted by molar-refractivity contribution is 7.80. The van der Waals surface area contributed by atoms with Crippen LogP contribution in [0.25, 0.3) is 0 Å². The minimum absolute atomic E-state index is 0.479. The number of nitrogens with zero attached hydrogens (tertiary/aromatic N) is 4. The zero-order chi connectivity index (χ0) is 18.5. The molecular formula is C20H32N6S. The van der Waals surface area contributed by atoms with Crippen molar-refractivity contribution in [1.29, 1.82) is 0 Å². The van der Waals surface area contributed by atoms with Crippen LogP contribution >= 0.6 is 12.2 Å². The van der Waals surface area contributed by atoms with Gasteiger partial charge in [-0.05, 0) is 50.7 Å². The van der Waals surface area contributed by atoms with Crippen LogP contribution in [0.1, 0.15) is 64.2 Å². The molecule has 2 saturated heterocycles. The molecule has 148 valence electrons. The summed E-state index contributed by atoms with van der Waals surface area (Å²) < 4.78 is 0. The molecule has 6 nitrogen and oxygen atoms in total. The second-order valence-corrected chi connectivity index (χ2v) is 8.49. The Bertz CT molecular complexity index is 597. The molecule has 0 amide bonds. The highest BCUT2D eigenvalue weighted by Crippen LogP contribution is 2.26. The van der Waals surface area contributed by atoms with Gasteiger partial charge in [-0.3, -0.25) is 0 Å². The monoisotopic (exact) mass is 388 g/mol. The Labute approximate surface area is 168 Å². The van der Waals surface area contributed by atoms with Gasteiger partial charge in [0.1, 0.15) is 11.6 Å². The molecule has 0 bridgehead atoms. The van der Waals surface area contributed by atoms with Crippen molar-refractivity contribution < 1.29 is 0 Å². The maximum atomic E-state index is 5.59. The van der Waals surface area contributed by atoms with Gasteiger partial charge >= 0.3 is 0 Å². The first-order valence-corrected chi connectivity index (χ1v) is 11.2. The Kier molecular flexibility index (Phi) is 6.27. The van der Waals surface area contributed by atoms with Gasteiger partial charge in [0.15, 0.2) is 5.11 Å². The average Bonchev–Trinajstić information content (AvgIpc) is 3.33. The third-order valence-electron chi connectivity index (χ3n) is 5.97. The minimum atomic E-state index is 0.479. The van der Waals surface area contributed by atoms with Crippen LogP contribution in [0.2, 0.25) is 0 Å². The van der Waals surface area contributed by atoms with Crippen molar-refractivity contribution in [3.8, 4) is 0 Å². The lowest BCUT2D eigenvalue weighted by atomic mass is 10.1. The normalized spacial score (nSPS) is 21.3. The van der Waals surface area contributed by atoms with Crippen LogP contribution in [0.5, 0.6) is 0 Å². The van der Waals surface area contributed by atoms with Gasteiger partial charge in [-0.25, -0.2) is 0 Å². The van der Waals surface area contributed by atoms with E-state index in [0.29, 0.717) is 17.1 Å². The Morgan fingerprint density at radius 1 is 0.815 bits per heavy atom. The van der Waals surface area contributed by atoms with Crippen LogP contribution in [-0.4, -0.2) is 47.3 Å². The van der Waals surface area contributed by atoms with Crippen LogP contribution < -0.4 is 20.4 Å². The van der Waals surface area contributed by atoms with E-state index in [1.165, 1.54) is 64.2 Å². The van der Waals surface area contributed by atoms with Crippen molar-refractivity contribution in [2.45, 2.75) is 70.3 Å². The van der Waals surface area contributed by atoms with E-state index < -0.39 is 0 Å². The van der Waals surface area contributed by atoms with Crippen molar-refractivity contribution >= 4 is 34.9 Å². The van der Waals surface area contributed by atoms with Gasteiger partial charge in [0.25, 0.3) is 0 Å². The number of rotatable bonds is 4. The Hall–Kier alpha value is -1.63. The molecule has 0 atom stereocenters. The minimum Gasteiger partial charge on any atom is -0.360 e. The summed E-state index contributed by atoms with van der Waals surface area (Å²) >= 11 is 5.59. The molecule has 2 aliphatic heterocycles. The predicted octanol–water partition coefficient (Wildman–Crippen LogP) is 3.69. The number of hydrogen-bond acceptors (Lipinski definition) is 5. The largest absolute Gasteiger partial charge is 0.360 e. The first-order valence-electron chi connectivity index (χ1n) is 10.7. The molecule has 3 aliphatic rings. The summed E-state index contributed by atoms with van der Waals surface area (Å²) in [5.41, 5.74) is 0. The molecule has 1 aromatic heterocycles. The summed E-state index contributed by atoms with van der Waals surface area (Å²) in [7, 11) is 0. The maximum absolute atomic E-state index is 5.59. The summed E-state index contributed by atoms with van der Waals surface area (Å²) in [6.07, 6.45) is 12.7. The van der Waals surface area contributed by atoms with Gasteiger partial charge in [0.05, 0.1) is 0 Å². The highest BCUT2D eigenvalue weighted by Gasteiger charge is 2.21. The third-order valence-corrected chi connectivity index (χ3v) is 6.19. The Morgan fingerprint density at radius 2 is 1.33 bits per heavy atom. The maximum Gasteiger partial charge on any atom is 0.232 e. The Morgan fingerprint density at radius 3 is 1.85 bits per heavy atom. The molecular weight excluding hydrogens is 356 g/mol. The topological polar surface area (TPSA) is 56.3 Å². The van der Waals surface area contributed by atoms with Crippen molar-refractivity contribution in [2.24, 2.45) is 0 Å². The van der Waals surface area contributed by atoms with Crippen molar-refractivity contribution in [2.75, 3.05) is 41.3 Å². The summed E-state index contributed by atoms with van der Waals surface area (Å²) in [5, 5.41) is 7.44. The smallest absolute Gasteiger partial charge is 0.232 e. The molecule has 3 fully saturated rings. The van der Waals surface area contributed by atoms with Gasteiger partial charge in [-0.2, -0.15) is 9.97 Å². The lowest BCUT2D eigenvalue weighted by Gasteiger charge is -2.23. The summed E-state index contributed by atoms with van der Waals surface area (Å²) in [5.74, 6) is 2.70. The van der Waals surface area contributed by atoms with Gasteiger partial charge in [0, 0.05) is 38.3 Å². The number of nitrogens with one attached hydrogen (secondary N) is 2. The van der Waals surface area contributed by atoms with E-state index >= 15 is 0 Å². The van der Waals surface area contributed by atoms with E-state index in [0.717, 1.165) is 37.8 Å². The molecule has 0 unspecified atom stereocenters. The molecule has 3 heterocycles. The molecule has 1 aliphatic carbocycles. The van der Waals surface area contributed by atoms with Crippen LogP contribution in [0.15, 0.2) is 6.07 Å². The molecule has 27 heavy (non-hydrogen) atoms. The summed E-state index contributed by atoms with van der Waals surface area (Å²) in [6.45, 7) is 4.34. The molecule has 0 aromatic carbocycles. The number of anilines is 3. The lowest BCUT2D eigenvalue weighted by molar-refractivity contribution is 0.535. The van der Waals surface area contributed by atoms with Crippen molar-refractivity contribution in [3.05, 3.63) is 6.07 Å². The second kappa shape index (κ2) is 9.04. The number of hydrogen-bond donors (Lipinski definition) is 2. The summed E-state index contributed by atoms with van der Waals surface area (Å²) in [6, 6.07) is 2.64. The lowest BCUT2D eigenvalue weighted by Crippen LogP contribution is -2.38. The predicted molar refractivity (Wildman–Crippen MR) is 116 cm³/mol. The van der Waals surface area contributed by atoms with E-state index in [1.54, 1.807) is 0 Å². The average molecular weight is 389 g/mol. The SMILES string of the molecule is S=C(Nc1nc(N2CCCC2)cc(N2CCCC2)n1)NC1CCCCCC1. The van der Waals surface area contributed by atoms with Gasteiger partial charge in [0.2, 0.25) is 5.95 Å². The third kappa shape index (κ3) is 5.00. The quantitative estimate of drug-likeness (QED) is 0.603. The fourth-order valence-electron chi connectivity index (χ4n) is 4.44. The van der Waals surface area contributed by atoms with E-state index in [1.807, 2.05) is 0 Å². The fourth-order valence-corrected chi connectivity index (χ4v) is 4.70. The van der Waals surface area contributed by atoms with E-state index in [4.69, 9.17) is 22.2 Å². The van der Waals surface area contributed by atoms with E-state index in [2.05, 4.69) is 26.5 Å². The van der Waals surface area contributed by atoms with E-state index in [9.17, 15) is 0 Å². The van der Waals surface area contributed by atoms with Crippen LogP contribution in [-0.2, 0) is 0 Å². The number of thiocarbonyl (C=S) groups is 1. The molecule has 1 aromatic rings. The molecule has 1 saturated carbocycles. The second-order valence-electron chi connectivity index (χ2n) is 8.08. The fraction of sp³-hybridized carbons (Fsp3) is 0.750. The van der Waals surface area contributed by atoms with Crippen molar-refractivity contribution in [1.82, 2.24) is 15.3 Å². The summed E-state index contributed by atoms with van der Waals surface area (Å²) in [4.78, 5) is 14.3. The molecule has 0 radical (unpaired) electrons. The van der Waals surface area contributed by atoms with Crippen LogP contribution in [0.3, 0.4) is 0 Å².